The van der Waals surface area contributed by atoms with Crippen LogP contribution in [0.2, 0.25) is 5.02 Å². The summed E-state index contributed by atoms with van der Waals surface area (Å²) in [6.07, 6.45) is 0.924. The molecule has 5 heterocycles. The Balaban J connectivity index is 1.33. The second kappa shape index (κ2) is 11.2. The summed E-state index contributed by atoms with van der Waals surface area (Å²) >= 11 is 5.91. The summed E-state index contributed by atoms with van der Waals surface area (Å²) in [5.41, 5.74) is 1.97. The molecule has 14 heteroatoms. The summed E-state index contributed by atoms with van der Waals surface area (Å²) in [6.45, 7) is 7.44. The quantitative estimate of drug-likeness (QED) is 0.250. The van der Waals surface area contributed by atoms with Gasteiger partial charge in [0.15, 0.2) is 11.5 Å². The number of ether oxygens (including phenoxy) is 1. The molecule has 0 aliphatic carbocycles. The van der Waals surface area contributed by atoms with E-state index in [-0.39, 0.29) is 29.6 Å². The highest BCUT2D eigenvalue weighted by atomic mass is 35.5. The van der Waals surface area contributed by atoms with E-state index >= 15 is 0 Å². The number of nitrogens with zero attached hydrogens (tertiary/aromatic N) is 8. The predicted octanol–water partition coefficient (Wildman–Crippen LogP) is 5.67. The zero-order valence-electron chi connectivity index (χ0n) is 23.6. The Morgan fingerprint density at radius 2 is 1.95 bits per heavy atom. The first-order valence-electron chi connectivity index (χ1n) is 14.2. The van der Waals surface area contributed by atoms with E-state index in [0.717, 1.165) is 25.1 Å². The largest absolute Gasteiger partial charge is 0.391 e. The van der Waals surface area contributed by atoms with Gasteiger partial charge in [-0.2, -0.15) is 18.2 Å². The van der Waals surface area contributed by atoms with Crippen molar-refractivity contribution in [1.29, 1.82) is 0 Å². The number of alkyl halides is 3. The molecule has 3 aromatic heterocycles. The van der Waals surface area contributed by atoms with Crippen molar-refractivity contribution in [1.82, 2.24) is 34.0 Å². The van der Waals surface area contributed by atoms with Gasteiger partial charge in [-0.3, -0.25) is 4.90 Å². The number of rotatable bonds is 7. The number of benzene rings is 1. The van der Waals surface area contributed by atoms with Crippen molar-refractivity contribution in [2.45, 2.75) is 77.0 Å². The molecule has 0 bridgehead atoms. The van der Waals surface area contributed by atoms with Crippen molar-refractivity contribution in [3.05, 3.63) is 47.3 Å². The van der Waals surface area contributed by atoms with Gasteiger partial charge in [0.25, 0.3) is 5.78 Å². The first-order chi connectivity index (χ1) is 20.0. The third kappa shape index (κ3) is 5.42. The molecule has 9 nitrogen and oxygen atoms in total. The Morgan fingerprint density at radius 1 is 1.14 bits per heavy atom. The zero-order valence-corrected chi connectivity index (χ0v) is 24.4. The standard InChI is InChI=1S/C28H33ClF4N8O/c1-16(28(31,32)33)9-23(19-6-7-21(29)22(30)10-19)39-11-18(3)40(12-17(39)2)25-24-26(41-15-35-37-27(41)36-25)38(14-34-24)13-20-5-4-8-42-20/h6-7,10,14-18,20,23H,4-5,8-9,11-13H2,1-3H3/t16-,17+,18-,20-,23?/m0/s1. The summed E-state index contributed by atoms with van der Waals surface area (Å²) in [5.74, 6) is -1.15. The van der Waals surface area contributed by atoms with Gasteiger partial charge >= 0.3 is 6.18 Å². The number of hydrogen-bond donors (Lipinski definition) is 0. The number of halogens is 5. The number of hydrogen-bond acceptors (Lipinski definition) is 7. The zero-order chi connectivity index (χ0) is 29.8. The summed E-state index contributed by atoms with van der Waals surface area (Å²) in [7, 11) is 0. The van der Waals surface area contributed by atoms with Gasteiger partial charge in [-0.25, -0.2) is 13.8 Å². The summed E-state index contributed by atoms with van der Waals surface area (Å²) in [6, 6.07) is 3.28. The molecule has 2 aliphatic heterocycles. The molecular formula is C28H33ClF4N8O. The van der Waals surface area contributed by atoms with E-state index in [2.05, 4.69) is 15.1 Å². The van der Waals surface area contributed by atoms with Gasteiger partial charge < -0.3 is 14.2 Å². The Hall–Kier alpha value is -3.03. The molecule has 42 heavy (non-hydrogen) atoms. The number of piperazine rings is 1. The van der Waals surface area contributed by atoms with E-state index in [0.29, 0.717) is 42.3 Å². The number of anilines is 1. The molecule has 226 valence electrons. The van der Waals surface area contributed by atoms with Crippen molar-refractivity contribution in [2.75, 3.05) is 24.6 Å². The van der Waals surface area contributed by atoms with Crippen molar-refractivity contribution >= 4 is 34.4 Å². The van der Waals surface area contributed by atoms with E-state index in [4.69, 9.17) is 26.3 Å². The molecule has 1 unspecified atom stereocenters. The van der Waals surface area contributed by atoms with Crippen LogP contribution >= 0.6 is 11.6 Å². The van der Waals surface area contributed by atoms with Gasteiger partial charge in [-0.05, 0) is 50.8 Å². The topological polar surface area (TPSA) is 76.6 Å². The van der Waals surface area contributed by atoms with E-state index in [9.17, 15) is 17.6 Å². The van der Waals surface area contributed by atoms with Crippen LogP contribution in [0, 0.1) is 11.7 Å². The van der Waals surface area contributed by atoms with Crippen LogP contribution in [0.3, 0.4) is 0 Å². The normalized spacial score (nSPS) is 23.7. The molecule has 0 radical (unpaired) electrons. The first-order valence-corrected chi connectivity index (χ1v) is 14.6. The van der Waals surface area contributed by atoms with Crippen molar-refractivity contribution in [2.24, 2.45) is 5.92 Å². The maximum Gasteiger partial charge on any atom is 0.391 e. The summed E-state index contributed by atoms with van der Waals surface area (Å²) < 4.78 is 65.3. The van der Waals surface area contributed by atoms with Gasteiger partial charge in [-0.15, -0.1) is 10.2 Å². The van der Waals surface area contributed by atoms with Crippen LogP contribution in [0.1, 0.15) is 51.6 Å². The Bertz CT molecular complexity index is 1570. The smallest absolute Gasteiger partial charge is 0.376 e. The molecule has 6 rings (SSSR count). The highest BCUT2D eigenvalue weighted by Crippen LogP contribution is 2.40. The van der Waals surface area contributed by atoms with E-state index in [1.54, 1.807) is 18.7 Å². The summed E-state index contributed by atoms with van der Waals surface area (Å²) in [5, 5.41) is 8.22. The average molecular weight is 609 g/mol. The van der Waals surface area contributed by atoms with Gasteiger partial charge in [-0.1, -0.05) is 24.6 Å². The predicted molar refractivity (Wildman–Crippen MR) is 150 cm³/mol. The van der Waals surface area contributed by atoms with Crippen molar-refractivity contribution in [3.8, 4) is 0 Å². The molecule has 2 saturated heterocycles. The van der Waals surface area contributed by atoms with Gasteiger partial charge in [0, 0.05) is 37.8 Å². The van der Waals surface area contributed by atoms with E-state index < -0.39 is 24.0 Å². The Kier molecular flexibility index (Phi) is 7.77. The van der Waals surface area contributed by atoms with Gasteiger partial charge in [0.05, 0.1) is 29.9 Å². The van der Waals surface area contributed by atoms with E-state index in [1.165, 1.54) is 19.1 Å². The van der Waals surface area contributed by atoms with Crippen LogP contribution in [-0.4, -0.2) is 78.1 Å². The highest BCUT2D eigenvalue weighted by molar-refractivity contribution is 6.30. The van der Waals surface area contributed by atoms with Crippen LogP contribution in [0.5, 0.6) is 0 Å². The minimum Gasteiger partial charge on any atom is -0.376 e. The minimum absolute atomic E-state index is 0.0644. The molecule has 0 spiro atoms. The van der Waals surface area contributed by atoms with E-state index in [1.807, 2.05) is 27.7 Å². The molecule has 0 saturated carbocycles. The molecule has 2 aliphatic rings. The lowest BCUT2D eigenvalue weighted by atomic mass is 9.91. The van der Waals surface area contributed by atoms with Crippen LogP contribution in [0.15, 0.2) is 30.9 Å². The minimum atomic E-state index is -4.37. The van der Waals surface area contributed by atoms with Crippen LogP contribution in [0.25, 0.3) is 16.9 Å². The lowest BCUT2D eigenvalue weighted by Crippen LogP contribution is -2.58. The fourth-order valence-corrected chi connectivity index (χ4v) is 6.38. The number of imidazole rings is 1. The SMILES string of the molecule is C[C@@H]1CN(c2nc3nncn3c3c2ncn3C[C@@H]2CCCO2)[C@@H](C)CN1C(C[C@H](C)C(F)(F)F)c1ccc(Cl)c(F)c1. The van der Waals surface area contributed by atoms with Crippen LogP contribution < -0.4 is 4.90 Å². The van der Waals surface area contributed by atoms with Crippen molar-refractivity contribution in [3.63, 3.8) is 0 Å². The first kappa shape index (κ1) is 29.1. The molecule has 2 fully saturated rings. The van der Waals surface area contributed by atoms with Crippen LogP contribution in [0.4, 0.5) is 23.4 Å². The third-order valence-corrected chi connectivity index (χ3v) is 8.89. The van der Waals surface area contributed by atoms with Crippen molar-refractivity contribution < 1.29 is 22.3 Å². The average Bonchev–Trinajstić information content (AvgIpc) is 3.71. The second-order valence-electron chi connectivity index (χ2n) is 11.6. The lowest BCUT2D eigenvalue weighted by molar-refractivity contribution is -0.175. The van der Waals surface area contributed by atoms with Crippen LogP contribution in [-0.2, 0) is 11.3 Å². The fourth-order valence-electron chi connectivity index (χ4n) is 6.26. The number of fused-ring (bicyclic) bond motifs is 3. The Morgan fingerprint density at radius 3 is 2.67 bits per heavy atom. The van der Waals surface area contributed by atoms with Gasteiger partial charge in [0.2, 0.25) is 0 Å². The molecule has 1 aromatic carbocycles. The van der Waals surface area contributed by atoms with Gasteiger partial charge in [0.1, 0.15) is 17.7 Å². The monoisotopic (exact) mass is 608 g/mol. The Labute approximate surface area is 245 Å². The lowest BCUT2D eigenvalue weighted by Gasteiger charge is -2.48. The second-order valence-corrected chi connectivity index (χ2v) is 12.0. The number of aromatic nitrogens is 6. The summed E-state index contributed by atoms with van der Waals surface area (Å²) in [4.78, 5) is 13.7. The molecule has 5 atom stereocenters. The molecule has 0 amide bonds. The third-order valence-electron chi connectivity index (χ3n) is 8.58. The highest BCUT2D eigenvalue weighted by Gasteiger charge is 2.42. The fraction of sp³-hybridized carbons (Fsp3) is 0.571. The molecular weight excluding hydrogens is 576 g/mol. The molecule has 0 N–H and O–H groups in total. The maximum atomic E-state index is 14.5. The maximum absolute atomic E-state index is 14.5. The molecule has 4 aromatic rings.